The Hall–Kier alpha value is -2.84. The first-order chi connectivity index (χ1) is 10.8. The third-order valence-corrected chi connectivity index (χ3v) is 3.77. The highest BCUT2D eigenvalue weighted by atomic mass is 16.7. The third-order valence-electron chi connectivity index (χ3n) is 3.77. The Labute approximate surface area is 126 Å². The van der Waals surface area contributed by atoms with Crippen molar-refractivity contribution >= 4 is 5.78 Å². The first-order valence-electron chi connectivity index (χ1n) is 6.85. The molecule has 0 unspecified atom stereocenters. The quantitative estimate of drug-likeness (QED) is 0.642. The third kappa shape index (κ3) is 2.10. The maximum absolute atomic E-state index is 12.4. The van der Waals surface area contributed by atoms with Crippen LogP contribution in [0.2, 0.25) is 0 Å². The van der Waals surface area contributed by atoms with Crippen molar-refractivity contribution in [1.82, 2.24) is 0 Å². The molecule has 1 saturated heterocycles. The zero-order valence-electron chi connectivity index (χ0n) is 11.5. The Kier molecular flexibility index (Phi) is 2.84. The number of nitriles is 1. The molecule has 0 saturated carbocycles. The van der Waals surface area contributed by atoms with Gasteiger partial charge >= 0.3 is 0 Å². The van der Waals surface area contributed by atoms with Crippen LogP contribution in [0.25, 0.3) is 0 Å². The fourth-order valence-electron chi connectivity index (χ4n) is 2.53. The van der Waals surface area contributed by atoms with Gasteiger partial charge in [-0.1, -0.05) is 6.07 Å². The summed E-state index contributed by atoms with van der Waals surface area (Å²) < 4.78 is 16.1. The van der Waals surface area contributed by atoms with E-state index in [9.17, 15) is 4.79 Å². The first-order valence-corrected chi connectivity index (χ1v) is 6.85. The highest BCUT2D eigenvalue weighted by molar-refractivity contribution is 6.01. The number of epoxide rings is 1. The molecule has 2 aliphatic rings. The van der Waals surface area contributed by atoms with Crippen LogP contribution in [0.1, 0.15) is 27.6 Å². The lowest BCUT2D eigenvalue weighted by Gasteiger charge is -2.00. The summed E-state index contributed by atoms with van der Waals surface area (Å²) in [7, 11) is 0. The Morgan fingerprint density at radius 1 is 1.09 bits per heavy atom. The zero-order chi connectivity index (χ0) is 15.1. The predicted molar refractivity (Wildman–Crippen MR) is 75.7 cm³/mol. The second kappa shape index (κ2) is 4.86. The highest BCUT2D eigenvalue weighted by Crippen LogP contribution is 2.44. The Bertz CT molecular complexity index is 791. The van der Waals surface area contributed by atoms with E-state index in [1.807, 2.05) is 24.3 Å². The molecule has 0 radical (unpaired) electrons. The van der Waals surface area contributed by atoms with Crippen molar-refractivity contribution in [2.45, 2.75) is 12.2 Å². The van der Waals surface area contributed by atoms with Gasteiger partial charge in [0.15, 0.2) is 23.4 Å². The molecule has 4 rings (SSSR count). The zero-order valence-corrected chi connectivity index (χ0v) is 11.5. The van der Waals surface area contributed by atoms with Gasteiger partial charge in [0.1, 0.15) is 6.10 Å². The van der Waals surface area contributed by atoms with Crippen LogP contribution in [-0.4, -0.2) is 18.7 Å². The molecule has 0 amide bonds. The van der Waals surface area contributed by atoms with Crippen molar-refractivity contribution in [3.63, 3.8) is 0 Å². The van der Waals surface area contributed by atoms with E-state index < -0.39 is 6.10 Å². The molecule has 108 valence electrons. The normalized spacial score (nSPS) is 21.2. The van der Waals surface area contributed by atoms with Crippen LogP contribution < -0.4 is 9.47 Å². The van der Waals surface area contributed by atoms with Crippen molar-refractivity contribution < 1.29 is 19.0 Å². The van der Waals surface area contributed by atoms with E-state index in [4.69, 9.17) is 19.5 Å². The van der Waals surface area contributed by atoms with E-state index in [1.54, 1.807) is 24.3 Å². The number of ketones is 1. The van der Waals surface area contributed by atoms with Crippen LogP contribution in [-0.2, 0) is 4.74 Å². The number of hydrogen-bond donors (Lipinski definition) is 0. The van der Waals surface area contributed by atoms with Crippen LogP contribution >= 0.6 is 0 Å². The summed E-state index contributed by atoms with van der Waals surface area (Å²) in [5.74, 6) is 1.31. The molecule has 2 aromatic carbocycles. The monoisotopic (exact) mass is 293 g/mol. The Morgan fingerprint density at radius 3 is 2.64 bits per heavy atom. The van der Waals surface area contributed by atoms with Gasteiger partial charge in [-0.05, 0) is 42.0 Å². The van der Waals surface area contributed by atoms with Crippen molar-refractivity contribution in [2.75, 3.05) is 6.79 Å². The smallest absolute Gasteiger partial charge is 0.231 e. The summed E-state index contributed by atoms with van der Waals surface area (Å²) in [6.07, 6.45) is -0.731. The molecule has 2 atom stereocenters. The number of rotatable bonds is 3. The van der Waals surface area contributed by atoms with E-state index in [-0.39, 0.29) is 18.7 Å². The van der Waals surface area contributed by atoms with Gasteiger partial charge in [-0.15, -0.1) is 0 Å². The number of Topliss-reactive ketones (excluding diaryl/α,β-unsaturated/α-hetero) is 1. The molecule has 2 heterocycles. The average molecular weight is 293 g/mol. The molecule has 0 aromatic heterocycles. The summed E-state index contributed by atoms with van der Waals surface area (Å²) in [5.41, 5.74) is 1.98. The number of carbonyl (C=O) groups excluding carboxylic acids is 1. The fraction of sp³-hybridized carbons (Fsp3) is 0.176. The topological polar surface area (TPSA) is 71.9 Å². The second-order valence-corrected chi connectivity index (χ2v) is 5.14. The molecule has 1 fully saturated rings. The molecular formula is C17H11NO4. The number of nitrogens with zero attached hydrogens (tertiary/aromatic N) is 1. The fourth-order valence-corrected chi connectivity index (χ4v) is 2.53. The predicted octanol–water partition coefficient (Wildman–Crippen LogP) is 2.61. The first kappa shape index (κ1) is 12.9. The molecule has 2 aliphatic heterocycles. The van der Waals surface area contributed by atoms with Crippen molar-refractivity contribution in [3.05, 3.63) is 59.2 Å². The van der Waals surface area contributed by atoms with Gasteiger partial charge in [0.2, 0.25) is 6.79 Å². The molecule has 0 spiro atoms. The SMILES string of the molecule is N#Cc1ccc(C(=O)[C@@H]2O[C@H]2c2ccc3c(c2)OCO3)cc1. The van der Waals surface area contributed by atoms with Crippen LogP contribution in [0.4, 0.5) is 0 Å². The molecule has 22 heavy (non-hydrogen) atoms. The van der Waals surface area contributed by atoms with Crippen LogP contribution in [0.15, 0.2) is 42.5 Å². The summed E-state index contributed by atoms with van der Waals surface area (Å²) in [6.45, 7) is 0.220. The van der Waals surface area contributed by atoms with Crippen molar-refractivity contribution in [1.29, 1.82) is 5.26 Å². The summed E-state index contributed by atoms with van der Waals surface area (Å²) >= 11 is 0. The number of fused-ring (bicyclic) bond motifs is 1. The maximum atomic E-state index is 12.4. The van der Waals surface area contributed by atoms with E-state index in [0.29, 0.717) is 22.6 Å². The van der Waals surface area contributed by atoms with Gasteiger partial charge in [-0.3, -0.25) is 4.79 Å². The Morgan fingerprint density at radius 2 is 1.86 bits per heavy atom. The molecule has 2 aromatic rings. The Balaban J connectivity index is 1.51. The minimum atomic E-state index is -0.478. The van der Waals surface area contributed by atoms with Gasteiger partial charge in [0, 0.05) is 5.56 Å². The minimum absolute atomic E-state index is 0.0767. The van der Waals surface area contributed by atoms with E-state index >= 15 is 0 Å². The molecule has 5 heteroatoms. The van der Waals surface area contributed by atoms with Gasteiger partial charge in [-0.25, -0.2) is 0 Å². The van der Waals surface area contributed by atoms with Gasteiger partial charge in [0.05, 0.1) is 11.6 Å². The average Bonchev–Trinajstić information content (AvgIpc) is 3.23. The number of ether oxygens (including phenoxy) is 3. The number of hydrogen-bond acceptors (Lipinski definition) is 5. The molecule has 0 bridgehead atoms. The van der Waals surface area contributed by atoms with E-state index in [0.717, 1.165) is 5.56 Å². The van der Waals surface area contributed by atoms with Crippen molar-refractivity contribution in [2.24, 2.45) is 0 Å². The summed E-state index contributed by atoms with van der Waals surface area (Å²) in [4.78, 5) is 12.4. The van der Waals surface area contributed by atoms with Gasteiger partial charge in [-0.2, -0.15) is 5.26 Å². The second-order valence-electron chi connectivity index (χ2n) is 5.14. The van der Waals surface area contributed by atoms with E-state index in [2.05, 4.69) is 0 Å². The summed E-state index contributed by atoms with van der Waals surface area (Å²) in [6, 6.07) is 14.1. The largest absolute Gasteiger partial charge is 0.454 e. The minimum Gasteiger partial charge on any atom is -0.454 e. The lowest BCUT2D eigenvalue weighted by Crippen LogP contribution is -2.08. The molecular weight excluding hydrogens is 282 g/mol. The lowest BCUT2D eigenvalue weighted by molar-refractivity contribution is 0.0953. The highest BCUT2D eigenvalue weighted by Gasteiger charge is 2.46. The van der Waals surface area contributed by atoms with E-state index in [1.165, 1.54) is 0 Å². The maximum Gasteiger partial charge on any atom is 0.231 e. The van der Waals surface area contributed by atoms with Crippen molar-refractivity contribution in [3.8, 4) is 17.6 Å². The lowest BCUT2D eigenvalue weighted by atomic mass is 10.0. The van der Waals surface area contributed by atoms with Gasteiger partial charge < -0.3 is 14.2 Å². The van der Waals surface area contributed by atoms with Crippen LogP contribution in [0.3, 0.4) is 0 Å². The number of carbonyl (C=O) groups is 1. The number of benzene rings is 2. The molecule has 0 aliphatic carbocycles. The summed E-state index contributed by atoms with van der Waals surface area (Å²) in [5, 5.41) is 8.77. The van der Waals surface area contributed by atoms with Crippen LogP contribution in [0.5, 0.6) is 11.5 Å². The molecule has 5 nitrogen and oxygen atoms in total. The van der Waals surface area contributed by atoms with Crippen LogP contribution in [0, 0.1) is 11.3 Å². The molecule has 0 N–H and O–H groups in total. The standard InChI is InChI=1S/C17H11NO4/c18-8-10-1-3-11(4-2-10)15(19)17-16(22-17)12-5-6-13-14(7-12)21-9-20-13/h1-7,16-17H,9H2/t16-,17-/m0/s1. The van der Waals surface area contributed by atoms with Gasteiger partial charge in [0.25, 0.3) is 0 Å².